The maximum atomic E-state index is 12.5. The molecule has 0 bridgehead atoms. The molecule has 0 aromatic rings. The van der Waals surface area contributed by atoms with Gasteiger partial charge in [0.15, 0.2) is 0 Å². The third kappa shape index (κ3) is 3.23. The molecule has 1 amide bonds. The normalized spacial score (nSPS) is 28.1. The van der Waals surface area contributed by atoms with Crippen molar-refractivity contribution in [2.75, 3.05) is 32.9 Å². The minimum Gasteiger partial charge on any atom is -0.396 e. The van der Waals surface area contributed by atoms with Gasteiger partial charge in [0.2, 0.25) is 5.91 Å². The molecule has 2 atom stereocenters. The minimum atomic E-state index is 0.103. The summed E-state index contributed by atoms with van der Waals surface area (Å²) >= 11 is 0. The van der Waals surface area contributed by atoms with E-state index in [2.05, 4.69) is 6.92 Å². The van der Waals surface area contributed by atoms with Crippen molar-refractivity contribution in [3.05, 3.63) is 0 Å². The fraction of sp³-hybridized carbons (Fsp3) is 0.929. The second-order valence-corrected chi connectivity index (χ2v) is 5.71. The summed E-state index contributed by atoms with van der Waals surface area (Å²) in [5, 5.41) is 9.22. The monoisotopic (exact) mass is 255 g/mol. The van der Waals surface area contributed by atoms with Crippen molar-refractivity contribution >= 4 is 5.91 Å². The molecule has 0 spiro atoms. The van der Waals surface area contributed by atoms with Crippen LogP contribution in [0, 0.1) is 17.8 Å². The fourth-order valence-corrected chi connectivity index (χ4v) is 3.12. The van der Waals surface area contributed by atoms with Crippen molar-refractivity contribution in [2.24, 2.45) is 17.8 Å². The Morgan fingerprint density at radius 2 is 2.11 bits per heavy atom. The first-order chi connectivity index (χ1) is 8.72. The second-order valence-electron chi connectivity index (χ2n) is 5.71. The molecule has 4 nitrogen and oxygen atoms in total. The molecule has 0 aromatic carbocycles. The summed E-state index contributed by atoms with van der Waals surface area (Å²) in [7, 11) is 0. The van der Waals surface area contributed by atoms with Gasteiger partial charge in [-0.15, -0.1) is 0 Å². The van der Waals surface area contributed by atoms with E-state index in [1.807, 2.05) is 4.90 Å². The highest BCUT2D eigenvalue weighted by molar-refractivity contribution is 5.78. The average molecular weight is 255 g/mol. The van der Waals surface area contributed by atoms with E-state index in [0.29, 0.717) is 5.92 Å². The number of nitrogens with zero attached hydrogens (tertiary/aromatic N) is 1. The number of rotatable bonds is 3. The Morgan fingerprint density at radius 3 is 2.78 bits per heavy atom. The zero-order valence-electron chi connectivity index (χ0n) is 11.3. The van der Waals surface area contributed by atoms with E-state index in [4.69, 9.17) is 4.74 Å². The molecule has 2 aliphatic rings. The smallest absolute Gasteiger partial charge is 0.225 e. The van der Waals surface area contributed by atoms with E-state index >= 15 is 0 Å². The van der Waals surface area contributed by atoms with Crippen molar-refractivity contribution in [3.8, 4) is 0 Å². The molecule has 4 heteroatoms. The number of carbonyl (C=O) groups excluding carboxylic acids is 1. The zero-order valence-corrected chi connectivity index (χ0v) is 11.3. The van der Waals surface area contributed by atoms with Crippen molar-refractivity contribution in [1.82, 2.24) is 4.90 Å². The molecule has 0 aromatic heterocycles. The first-order valence-electron chi connectivity index (χ1n) is 7.19. The van der Waals surface area contributed by atoms with Crippen LogP contribution in [0.25, 0.3) is 0 Å². The van der Waals surface area contributed by atoms with Crippen LogP contribution in [-0.2, 0) is 9.53 Å². The lowest BCUT2D eigenvalue weighted by molar-refractivity contribution is -0.140. The number of hydrogen-bond acceptors (Lipinski definition) is 3. The highest BCUT2D eigenvalue weighted by Crippen LogP contribution is 2.27. The second kappa shape index (κ2) is 6.53. The molecule has 1 N–H and O–H groups in total. The Balaban J connectivity index is 1.88. The number of hydrogen-bond donors (Lipinski definition) is 1. The number of likely N-dealkylation sites (tertiary alicyclic amines) is 1. The van der Waals surface area contributed by atoms with Crippen LogP contribution in [0.2, 0.25) is 0 Å². The third-order valence-corrected chi connectivity index (χ3v) is 4.45. The Kier molecular flexibility index (Phi) is 5.01. The lowest BCUT2D eigenvalue weighted by Gasteiger charge is -2.36. The Hall–Kier alpha value is -0.610. The third-order valence-electron chi connectivity index (χ3n) is 4.45. The summed E-state index contributed by atoms with van der Waals surface area (Å²) < 4.78 is 5.35. The minimum absolute atomic E-state index is 0.103. The summed E-state index contributed by atoms with van der Waals surface area (Å²) in [5.74, 6) is 1.14. The summed E-state index contributed by atoms with van der Waals surface area (Å²) in [6, 6.07) is 0. The van der Waals surface area contributed by atoms with Crippen molar-refractivity contribution in [3.63, 3.8) is 0 Å². The van der Waals surface area contributed by atoms with Crippen LogP contribution in [0.4, 0.5) is 0 Å². The molecule has 0 aliphatic carbocycles. The van der Waals surface area contributed by atoms with E-state index in [1.54, 1.807) is 0 Å². The number of amides is 1. The lowest BCUT2D eigenvalue weighted by atomic mass is 9.85. The van der Waals surface area contributed by atoms with Crippen LogP contribution in [0.1, 0.15) is 32.6 Å². The van der Waals surface area contributed by atoms with Gasteiger partial charge in [-0.25, -0.2) is 0 Å². The Morgan fingerprint density at radius 1 is 1.39 bits per heavy atom. The maximum Gasteiger partial charge on any atom is 0.225 e. The highest BCUT2D eigenvalue weighted by Gasteiger charge is 2.31. The molecule has 2 rings (SSSR count). The molecular weight excluding hydrogens is 230 g/mol. The fourth-order valence-electron chi connectivity index (χ4n) is 3.12. The van der Waals surface area contributed by atoms with Crippen LogP contribution in [0.15, 0.2) is 0 Å². The van der Waals surface area contributed by atoms with Gasteiger partial charge in [0.1, 0.15) is 0 Å². The standard InChI is InChI=1S/C14H25NO3/c1-11(13-4-7-18-8-5-13)14(17)15-6-2-3-12(9-15)10-16/h11-13,16H,2-10H2,1H3. The van der Waals surface area contributed by atoms with Crippen molar-refractivity contribution in [2.45, 2.75) is 32.6 Å². The molecule has 104 valence electrons. The lowest BCUT2D eigenvalue weighted by Crippen LogP contribution is -2.45. The van der Waals surface area contributed by atoms with Gasteiger partial charge < -0.3 is 14.7 Å². The zero-order chi connectivity index (χ0) is 13.0. The van der Waals surface area contributed by atoms with Gasteiger partial charge >= 0.3 is 0 Å². The van der Waals surface area contributed by atoms with Gasteiger partial charge in [-0.1, -0.05) is 6.92 Å². The summed E-state index contributed by atoms with van der Waals surface area (Å²) in [4.78, 5) is 14.4. The molecule has 2 fully saturated rings. The predicted molar refractivity (Wildman–Crippen MR) is 69.1 cm³/mol. The van der Waals surface area contributed by atoms with E-state index in [-0.39, 0.29) is 24.3 Å². The number of aliphatic hydroxyl groups is 1. The first-order valence-corrected chi connectivity index (χ1v) is 7.19. The topological polar surface area (TPSA) is 49.8 Å². The van der Waals surface area contributed by atoms with Crippen LogP contribution >= 0.6 is 0 Å². The Labute approximate surface area is 109 Å². The van der Waals surface area contributed by atoms with Crippen LogP contribution in [0.3, 0.4) is 0 Å². The Bertz CT molecular complexity index is 272. The van der Waals surface area contributed by atoms with Crippen LogP contribution in [-0.4, -0.2) is 48.8 Å². The average Bonchev–Trinajstić information content (AvgIpc) is 2.46. The summed E-state index contributed by atoms with van der Waals surface area (Å²) in [6.07, 6.45) is 4.08. The van der Waals surface area contributed by atoms with Crippen molar-refractivity contribution < 1.29 is 14.6 Å². The largest absolute Gasteiger partial charge is 0.396 e. The number of carbonyl (C=O) groups is 1. The predicted octanol–water partition coefficient (Wildman–Crippen LogP) is 1.28. The van der Waals surface area contributed by atoms with Gasteiger partial charge in [-0.05, 0) is 37.5 Å². The summed E-state index contributed by atoms with van der Waals surface area (Å²) in [5.41, 5.74) is 0. The molecular formula is C14H25NO3. The number of aliphatic hydroxyl groups excluding tert-OH is 1. The molecule has 2 heterocycles. The number of ether oxygens (including phenoxy) is 1. The molecule has 0 radical (unpaired) electrons. The molecule has 0 saturated carbocycles. The van der Waals surface area contributed by atoms with Crippen LogP contribution in [0.5, 0.6) is 0 Å². The van der Waals surface area contributed by atoms with Gasteiger partial charge in [0.05, 0.1) is 0 Å². The summed E-state index contributed by atoms with van der Waals surface area (Å²) in [6.45, 7) is 5.45. The number of piperidine rings is 1. The van der Waals surface area contributed by atoms with Gasteiger partial charge in [-0.3, -0.25) is 4.79 Å². The van der Waals surface area contributed by atoms with E-state index in [9.17, 15) is 9.90 Å². The molecule has 2 saturated heterocycles. The molecule has 2 aliphatic heterocycles. The van der Waals surface area contributed by atoms with E-state index in [0.717, 1.165) is 52.0 Å². The quantitative estimate of drug-likeness (QED) is 0.826. The van der Waals surface area contributed by atoms with E-state index < -0.39 is 0 Å². The highest BCUT2D eigenvalue weighted by atomic mass is 16.5. The van der Waals surface area contributed by atoms with Crippen molar-refractivity contribution in [1.29, 1.82) is 0 Å². The molecule has 18 heavy (non-hydrogen) atoms. The van der Waals surface area contributed by atoms with Crippen LogP contribution < -0.4 is 0 Å². The van der Waals surface area contributed by atoms with E-state index in [1.165, 1.54) is 0 Å². The van der Waals surface area contributed by atoms with Gasteiger partial charge in [0.25, 0.3) is 0 Å². The SMILES string of the molecule is CC(C(=O)N1CCCC(CO)C1)C1CCOCC1. The van der Waals surface area contributed by atoms with Gasteiger partial charge in [-0.2, -0.15) is 0 Å². The maximum absolute atomic E-state index is 12.5. The first kappa shape index (κ1) is 13.8. The molecule has 2 unspecified atom stereocenters. The van der Waals surface area contributed by atoms with Gasteiger partial charge in [0, 0.05) is 38.8 Å².